The first-order valence-electron chi connectivity index (χ1n) is 13.1. The smallest absolute Gasteiger partial charge is 0.229 e. The van der Waals surface area contributed by atoms with E-state index in [1.165, 1.54) is 18.4 Å². The summed E-state index contributed by atoms with van der Waals surface area (Å²) in [6, 6.07) is 13.1. The molecule has 2 saturated carbocycles. The third kappa shape index (κ3) is 5.33. The quantitative estimate of drug-likeness (QED) is 0.263. The average Bonchev–Trinajstić information content (AvgIpc) is 3.83. The molecule has 2 aliphatic rings. The number of carbonyl (C=O) groups excluding carboxylic acids is 1. The minimum absolute atomic E-state index is 0.0241. The van der Waals surface area contributed by atoms with E-state index in [-0.39, 0.29) is 17.7 Å². The van der Waals surface area contributed by atoms with Crippen molar-refractivity contribution in [2.45, 2.75) is 57.1 Å². The van der Waals surface area contributed by atoms with Crippen LogP contribution in [0, 0.1) is 17.2 Å². The van der Waals surface area contributed by atoms with Crippen molar-refractivity contribution in [2.24, 2.45) is 5.92 Å². The summed E-state index contributed by atoms with van der Waals surface area (Å²) in [7, 11) is 0. The number of aliphatic hydroxyl groups is 1. The van der Waals surface area contributed by atoms with Crippen LogP contribution < -0.4 is 10.6 Å². The number of anilines is 2. The van der Waals surface area contributed by atoms with Crippen LogP contribution in [0.2, 0.25) is 5.02 Å². The summed E-state index contributed by atoms with van der Waals surface area (Å²) in [4.78, 5) is 22.0. The maximum absolute atomic E-state index is 12.9. The fourth-order valence-corrected chi connectivity index (χ4v) is 5.32. The molecular formula is C30H29ClN6O2. The highest BCUT2D eigenvalue weighted by Gasteiger charge is 2.45. The number of imidazole rings is 1. The van der Waals surface area contributed by atoms with E-state index in [1.54, 1.807) is 44.3 Å². The monoisotopic (exact) mass is 540 g/mol. The fourth-order valence-electron chi connectivity index (χ4n) is 5.14. The van der Waals surface area contributed by atoms with Crippen LogP contribution in [-0.2, 0) is 16.9 Å². The van der Waals surface area contributed by atoms with E-state index < -0.39 is 5.60 Å². The first kappa shape index (κ1) is 25.4. The molecule has 3 heterocycles. The summed E-state index contributed by atoms with van der Waals surface area (Å²) < 4.78 is 2.01. The van der Waals surface area contributed by atoms with Crippen molar-refractivity contribution in [2.75, 3.05) is 10.6 Å². The molecule has 0 saturated heterocycles. The number of pyridine rings is 2. The van der Waals surface area contributed by atoms with Gasteiger partial charge in [-0.05, 0) is 86.4 Å². The number of rotatable bonds is 8. The lowest BCUT2D eigenvalue weighted by molar-refractivity contribution is -0.117. The molecule has 3 N–H and O–H groups in total. The molecule has 2 aliphatic carbocycles. The highest BCUT2D eigenvalue weighted by atomic mass is 35.5. The number of fused-ring (bicyclic) bond motifs is 1. The minimum atomic E-state index is -0.996. The number of amides is 1. The summed E-state index contributed by atoms with van der Waals surface area (Å²) in [5.41, 5.74) is 4.83. The Morgan fingerprint density at radius 1 is 1.23 bits per heavy atom. The van der Waals surface area contributed by atoms with E-state index in [4.69, 9.17) is 16.6 Å². The van der Waals surface area contributed by atoms with E-state index in [0.29, 0.717) is 35.3 Å². The van der Waals surface area contributed by atoms with Crippen molar-refractivity contribution in [3.63, 3.8) is 0 Å². The SMILES string of the molecule is CC(C)(O)c1cc(C2CC2)cn2cc(CNc3ccnc(NC(=O)C4CC4c4cc(Cl)ccc4C#N)c3)nc12. The number of nitriles is 1. The second kappa shape index (κ2) is 9.67. The van der Waals surface area contributed by atoms with E-state index in [0.717, 1.165) is 28.2 Å². The zero-order valence-electron chi connectivity index (χ0n) is 21.8. The van der Waals surface area contributed by atoms with E-state index in [1.807, 2.05) is 16.7 Å². The van der Waals surface area contributed by atoms with Crippen molar-refractivity contribution >= 4 is 34.7 Å². The molecule has 4 aromatic rings. The van der Waals surface area contributed by atoms with Crippen molar-refractivity contribution in [3.05, 3.63) is 88.0 Å². The van der Waals surface area contributed by atoms with Crippen molar-refractivity contribution < 1.29 is 9.90 Å². The summed E-state index contributed by atoms with van der Waals surface area (Å²) >= 11 is 6.12. The first-order valence-corrected chi connectivity index (χ1v) is 13.5. The Labute approximate surface area is 231 Å². The Kier molecular flexibility index (Phi) is 6.29. The summed E-state index contributed by atoms with van der Waals surface area (Å²) in [5.74, 6) is 0.645. The molecule has 2 fully saturated rings. The van der Waals surface area contributed by atoms with Crippen LogP contribution in [-0.4, -0.2) is 25.4 Å². The van der Waals surface area contributed by atoms with Crippen LogP contribution in [0.25, 0.3) is 5.65 Å². The van der Waals surface area contributed by atoms with Gasteiger partial charge < -0.3 is 20.1 Å². The highest BCUT2D eigenvalue weighted by Crippen LogP contribution is 2.49. The van der Waals surface area contributed by atoms with Gasteiger partial charge in [0.15, 0.2) is 0 Å². The van der Waals surface area contributed by atoms with Crippen LogP contribution in [0.4, 0.5) is 11.5 Å². The molecule has 2 unspecified atom stereocenters. The predicted molar refractivity (Wildman–Crippen MR) is 150 cm³/mol. The standard InChI is InChI=1S/C30H29ClN6O2/c1-30(2,39)26-9-19(17-3-4-17)15-37-16-22(35-28(26)37)14-34-21-7-8-33-27(11-21)36-29(38)25-12-24(25)23-10-20(31)6-5-18(23)13-32/h5-11,15-17,24-25,39H,3-4,12,14H2,1-2H3,(H2,33,34,36,38). The van der Waals surface area contributed by atoms with Gasteiger partial charge in [-0.25, -0.2) is 9.97 Å². The molecule has 39 heavy (non-hydrogen) atoms. The Morgan fingerprint density at radius 3 is 2.79 bits per heavy atom. The molecule has 0 bridgehead atoms. The van der Waals surface area contributed by atoms with Crippen molar-refractivity contribution in [3.8, 4) is 6.07 Å². The number of nitrogens with zero attached hydrogens (tertiary/aromatic N) is 4. The Hall–Kier alpha value is -3.93. The molecule has 0 aliphatic heterocycles. The summed E-state index contributed by atoms with van der Waals surface area (Å²) in [6.07, 6.45) is 8.79. The first-order chi connectivity index (χ1) is 18.7. The third-order valence-corrected chi connectivity index (χ3v) is 7.71. The van der Waals surface area contributed by atoms with Gasteiger partial charge in [0, 0.05) is 46.8 Å². The molecule has 0 radical (unpaired) electrons. The van der Waals surface area contributed by atoms with Gasteiger partial charge >= 0.3 is 0 Å². The lowest BCUT2D eigenvalue weighted by Gasteiger charge is -2.19. The largest absolute Gasteiger partial charge is 0.386 e. The minimum Gasteiger partial charge on any atom is -0.386 e. The van der Waals surface area contributed by atoms with Gasteiger partial charge in [0.2, 0.25) is 5.91 Å². The highest BCUT2D eigenvalue weighted by molar-refractivity contribution is 6.30. The number of hydrogen-bond acceptors (Lipinski definition) is 6. The number of carbonyl (C=O) groups is 1. The number of aromatic nitrogens is 3. The third-order valence-electron chi connectivity index (χ3n) is 7.48. The second-order valence-corrected chi connectivity index (χ2v) is 11.5. The normalized spacial score (nSPS) is 18.5. The second-order valence-electron chi connectivity index (χ2n) is 11.0. The maximum atomic E-state index is 12.9. The van der Waals surface area contributed by atoms with Crippen LogP contribution in [0.5, 0.6) is 0 Å². The molecule has 3 aromatic heterocycles. The van der Waals surface area contributed by atoms with Gasteiger partial charge in [0.1, 0.15) is 11.5 Å². The molecule has 8 nitrogen and oxygen atoms in total. The predicted octanol–water partition coefficient (Wildman–Crippen LogP) is 5.71. The molecule has 9 heteroatoms. The van der Waals surface area contributed by atoms with Gasteiger partial charge in [-0.2, -0.15) is 5.26 Å². The molecule has 198 valence electrons. The van der Waals surface area contributed by atoms with Crippen molar-refractivity contribution in [1.82, 2.24) is 14.4 Å². The number of nitrogens with one attached hydrogen (secondary N) is 2. The lowest BCUT2D eigenvalue weighted by Crippen LogP contribution is -2.17. The number of benzene rings is 1. The Morgan fingerprint density at radius 2 is 2.05 bits per heavy atom. The van der Waals surface area contributed by atoms with E-state index >= 15 is 0 Å². The number of hydrogen-bond donors (Lipinski definition) is 3. The van der Waals surface area contributed by atoms with Gasteiger partial charge in [0.25, 0.3) is 0 Å². The molecular weight excluding hydrogens is 512 g/mol. The molecule has 2 atom stereocenters. The average molecular weight is 541 g/mol. The summed E-state index contributed by atoms with van der Waals surface area (Å²) in [5, 5.41) is 27.0. The maximum Gasteiger partial charge on any atom is 0.229 e. The van der Waals surface area contributed by atoms with Crippen LogP contribution in [0.15, 0.2) is 55.0 Å². The molecule has 1 amide bonds. The zero-order chi connectivity index (χ0) is 27.3. The topological polar surface area (TPSA) is 115 Å². The van der Waals surface area contributed by atoms with Gasteiger partial charge in [0.05, 0.1) is 29.5 Å². The van der Waals surface area contributed by atoms with Gasteiger partial charge in [-0.3, -0.25) is 4.79 Å². The van der Waals surface area contributed by atoms with Crippen molar-refractivity contribution in [1.29, 1.82) is 5.26 Å². The van der Waals surface area contributed by atoms with E-state index in [9.17, 15) is 15.2 Å². The van der Waals surface area contributed by atoms with E-state index in [2.05, 4.69) is 33.9 Å². The Bertz CT molecular complexity index is 1630. The molecule has 6 rings (SSSR count). The Balaban J connectivity index is 1.13. The van der Waals surface area contributed by atoms with Gasteiger partial charge in [-0.1, -0.05) is 11.6 Å². The van der Waals surface area contributed by atoms with Crippen LogP contribution in [0.3, 0.4) is 0 Å². The molecule has 0 spiro atoms. The summed E-state index contributed by atoms with van der Waals surface area (Å²) in [6.45, 7) is 4.05. The zero-order valence-corrected chi connectivity index (χ0v) is 22.5. The number of halogens is 1. The fraction of sp³-hybridized carbons (Fsp3) is 0.333. The lowest BCUT2D eigenvalue weighted by atomic mass is 9.97. The van der Waals surface area contributed by atoms with Gasteiger partial charge in [-0.15, -0.1) is 0 Å². The molecule has 1 aromatic carbocycles. The van der Waals surface area contributed by atoms with Crippen LogP contribution in [0.1, 0.15) is 72.9 Å². The van der Waals surface area contributed by atoms with Crippen LogP contribution >= 0.6 is 11.6 Å².